The average molecular weight is 635 g/mol. The van der Waals surface area contributed by atoms with Crippen molar-refractivity contribution < 1.29 is 19.7 Å². The number of aliphatic hydroxyl groups is 2. The molecule has 4 saturated heterocycles. The molecule has 2 N–H and O–H groups in total. The molecule has 2 saturated carbocycles. The number of hydrogen-bond acceptors (Lipinski definition) is 4. The topological polar surface area (TPSA) is 58.9 Å². The van der Waals surface area contributed by atoms with Crippen molar-refractivity contribution >= 4 is 34.0 Å². The summed E-state index contributed by atoms with van der Waals surface area (Å²) >= 11 is 0. The van der Waals surface area contributed by atoms with Crippen LogP contribution in [0.1, 0.15) is 92.9 Å². The van der Waals surface area contributed by atoms with Crippen LogP contribution < -0.4 is 0 Å². The van der Waals surface area contributed by atoms with Gasteiger partial charge in [-0.05, 0) is 62.2 Å². The van der Waals surface area contributed by atoms with Crippen molar-refractivity contribution in [2.45, 2.75) is 116 Å². The maximum absolute atomic E-state index is 10.8. The van der Waals surface area contributed by atoms with Gasteiger partial charge in [-0.1, -0.05) is 65.8 Å². The highest BCUT2D eigenvalue weighted by Crippen LogP contribution is 2.65. The van der Waals surface area contributed by atoms with E-state index in [0.29, 0.717) is 48.3 Å². The van der Waals surface area contributed by atoms with Gasteiger partial charge in [-0.2, -0.15) is 0 Å². The standard InChI is InChI=1S/2C15H24O2.2BrH/c2*1-9(2)13-8-14-11(4)5-6-12(14)10(3)7-15(13,16)17-14;;/h2*9,11-13,16H,3,5-8H2,1-2,4H3;2*1H/t2*11-,12-,13-,14-,15-;;/m00../s1. The Balaban J connectivity index is 0.000000190. The van der Waals surface area contributed by atoms with E-state index in [1.807, 2.05) is 0 Å². The van der Waals surface area contributed by atoms with E-state index in [-0.39, 0.29) is 57.0 Å². The summed E-state index contributed by atoms with van der Waals surface area (Å²) in [7, 11) is 0. The minimum Gasteiger partial charge on any atom is -0.365 e. The molecule has 0 unspecified atom stereocenters. The predicted octanol–water partition coefficient (Wildman–Crippen LogP) is 7.38. The third-order valence-electron chi connectivity index (χ3n) is 11.2. The molecule has 10 atom stereocenters. The number of hydrogen-bond donors (Lipinski definition) is 2. The molecule has 6 rings (SSSR count). The van der Waals surface area contributed by atoms with Gasteiger partial charge in [0, 0.05) is 36.5 Å². The van der Waals surface area contributed by atoms with Crippen molar-refractivity contribution in [2.75, 3.05) is 0 Å². The maximum atomic E-state index is 10.8. The summed E-state index contributed by atoms with van der Waals surface area (Å²) in [4.78, 5) is 0. The smallest absolute Gasteiger partial charge is 0.173 e. The molecule has 6 fully saturated rings. The molecule has 0 aromatic carbocycles. The fourth-order valence-corrected chi connectivity index (χ4v) is 9.27. The van der Waals surface area contributed by atoms with Crippen molar-refractivity contribution in [3.63, 3.8) is 0 Å². The van der Waals surface area contributed by atoms with Gasteiger partial charge < -0.3 is 19.7 Å². The van der Waals surface area contributed by atoms with Gasteiger partial charge in [0.05, 0.1) is 11.2 Å². The first-order valence-corrected chi connectivity index (χ1v) is 14.0. The second-order valence-electron chi connectivity index (χ2n) is 13.6. The molecule has 0 aromatic heterocycles. The zero-order chi connectivity index (χ0) is 24.8. The predicted molar refractivity (Wildman–Crippen MR) is 155 cm³/mol. The lowest BCUT2D eigenvalue weighted by Gasteiger charge is -2.43. The summed E-state index contributed by atoms with van der Waals surface area (Å²) in [5, 5.41) is 21.6. The molecule has 36 heavy (non-hydrogen) atoms. The van der Waals surface area contributed by atoms with E-state index in [4.69, 9.17) is 9.47 Å². The van der Waals surface area contributed by atoms with Gasteiger partial charge in [-0.3, -0.25) is 0 Å². The first kappa shape index (κ1) is 30.8. The molecule has 2 aliphatic carbocycles. The molecule has 208 valence electrons. The van der Waals surface area contributed by atoms with Crippen LogP contribution in [0.25, 0.3) is 0 Å². The average Bonchev–Trinajstić information content (AvgIpc) is 3.38. The molecule has 0 aromatic rings. The SMILES string of the molecule is Br.Br.C=C1C[C@]2(O)O[C@@]3(C[C@H]2C(C)C)[C@@H](C)CC[C@@H]13.C=C1C[C@]2(O)O[C@@]3(C[C@H]2C(C)C)[C@@H](C)CC[C@@H]13. The van der Waals surface area contributed by atoms with Crippen molar-refractivity contribution in [3.8, 4) is 0 Å². The second kappa shape index (κ2) is 10.0. The summed E-state index contributed by atoms with van der Waals surface area (Å²) < 4.78 is 12.5. The zero-order valence-corrected chi connectivity index (χ0v) is 26.6. The van der Waals surface area contributed by atoms with Crippen molar-refractivity contribution in [1.29, 1.82) is 0 Å². The molecule has 4 nitrogen and oxygen atoms in total. The minimum atomic E-state index is -0.930. The lowest BCUT2D eigenvalue weighted by atomic mass is 9.77. The van der Waals surface area contributed by atoms with Crippen molar-refractivity contribution in [3.05, 3.63) is 24.3 Å². The largest absolute Gasteiger partial charge is 0.365 e. The molecule has 0 radical (unpaired) electrons. The lowest BCUT2D eigenvalue weighted by molar-refractivity contribution is -0.269. The third-order valence-corrected chi connectivity index (χ3v) is 11.2. The highest BCUT2D eigenvalue weighted by atomic mass is 79.9. The van der Waals surface area contributed by atoms with Crippen LogP contribution in [0.4, 0.5) is 0 Å². The summed E-state index contributed by atoms with van der Waals surface area (Å²) in [6.07, 6.45) is 8.15. The van der Waals surface area contributed by atoms with Crippen LogP contribution in [-0.2, 0) is 9.47 Å². The Morgan fingerprint density at radius 3 is 1.33 bits per heavy atom. The van der Waals surface area contributed by atoms with Crippen LogP contribution in [0.3, 0.4) is 0 Å². The number of fused-ring (bicyclic) bond motifs is 2. The highest BCUT2D eigenvalue weighted by molar-refractivity contribution is 8.93. The Kier molecular flexibility index (Phi) is 8.59. The first-order valence-electron chi connectivity index (χ1n) is 14.0. The second-order valence-corrected chi connectivity index (χ2v) is 13.6. The van der Waals surface area contributed by atoms with Crippen LogP contribution >= 0.6 is 34.0 Å². The highest BCUT2D eigenvalue weighted by Gasteiger charge is 2.67. The van der Waals surface area contributed by atoms with Gasteiger partial charge >= 0.3 is 0 Å². The van der Waals surface area contributed by atoms with Crippen LogP contribution in [0, 0.1) is 47.3 Å². The molecule has 6 aliphatic rings. The summed E-state index contributed by atoms with van der Waals surface area (Å²) in [6.45, 7) is 21.8. The molecule has 0 amide bonds. The third kappa shape index (κ3) is 4.27. The van der Waals surface area contributed by atoms with Crippen LogP contribution in [-0.4, -0.2) is 33.0 Å². The van der Waals surface area contributed by atoms with E-state index in [0.717, 1.165) is 12.8 Å². The minimum absolute atomic E-state index is 0. The van der Waals surface area contributed by atoms with Crippen LogP contribution in [0.5, 0.6) is 0 Å². The van der Waals surface area contributed by atoms with Crippen molar-refractivity contribution in [2.24, 2.45) is 47.3 Å². The molecular weight excluding hydrogens is 584 g/mol. The van der Waals surface area contributed by atoms with E-state index in [2.05, 4.69) is 54.7 Å². The Labute approximate surface area is 240 Å². The van der Waals surface area contributed by atoms with E-state index in [9.17, 15) is 10.2 Å². The van der Waals surface area contributed by atoms with Crippen LogP contribution in [0.2, 0.25) is 0 Å². The van der Waals surface area contributed by atoms with E-state index in [1.54, 1.807) is 0 Å². The Morgan fingerprint density at radius 2 is 1.03 bits per heavy atom. The summed E-state index contributed by atoms with van der Waals surface area (Å²) in [5.74, 6) is 1.70. The van der Waals surface area contributed by atoms with E-state index >= 15 is 0 Å². The number of halogens is 2. The quantitative estimate of drug-likeness (QED) is 0.312. The van der Waals surface area contributed by atoms with Crippen LogP contribution in [0.15, 0.2) is 24.3 Å². The molecule has 2 spiro atoms. The monoisotopic (exact) mass is 632 g/mol. The Morgan fingerprint density at radius 1 is 0.694 bits per heavy atom. The van der Waals surface area contributed by atoms with Crippen molar-refractivity contribution in [1.82, 2.24) is 0 Å². The van der Waals surface area contributed by atoms with E-state index in [1.165, 1.54) is 36.8 Å². The summed E-state index contributed by atoms with van der Waals surface area (Å²) in [6, 6.07) is 0. The Hall–Kier alpha value is 0.280. The number of ether oxygens (including phenoxy) is 2. The van der Waals surface area contributed by atoms with Gasteiger partial charge in [0.1, 0.15) is 0 Å². The molecule has 4 heterocycles. The lowest BCUT2D eigenvalue weighted by Crippen LogP contribution is -2.48. The molecule has 4 aliphatic heterocycles. The molecule has 6 heteroatoms. The zero-order valence-electron chi connectivity index (χ0n) is 23.2. The molecule has 4 bridgehead atoms. The van der Waals surface area contributed by atoms with Gasteiger partial charge in [-0.15, -0.1) is 34.0 Å². The fraction of sp³-hybridized carbons (Fsp3) is 0.867. The number of rotatable bonds is 2. The van der Waals surface area contributed by atoms with Gasteiger partial charge in [-0.25, -0.2) is 0 Å². The summed E-state index contributed by atoms with van der Waals surface area (Å²) in [5.41, 5.74) is 2.26. The van der Waals surface area contributed by atoms with E-state index < -0.39 is 11.6 Å². The van der Waals surface area contributed by atoms with Gasteiger partial charge in [0.15, 0.2) is 11.6 Å². The normalized spacial score (nSPS) is 50.3. The first-order chi connectivity index (χ1) is 15.8. The fourth-order valence-electron chi connectivity index (χ4n) is 9.27. The maximum Gasteiger partial charge on any atom is 0.173 e. The Bertz CT molecular complexity index is 805. The van der Waals surface area contributed by atoms with Gasteiger partial charge in [0.2, 0.25) is 0 Å². The van der Waals surface area contributed by atoms with Gasteiger partial charge in [0.25, 0.3) is 0 Å². The molecular formula is C30H50Br2O4.